The number of hydrogen-bond acceptors (Lipinski definition) is 3. The van der Waals surface area contributed by atoms with Gasteiger partial charge in [0.2, 0.25) is 0 Å². The summed E-state index contributed by atoms with van der Waals surface area (Å²) in [6.07, 6.45) is 2.12. The Morgan fingerprint density at radius 2 is 2.11 bits per heavy atom. The molecule has 1 heterocycles. The van der Waals surface area contributed by atoms with Crippen molar-refractivity contribution in [2.24, 2.45) is 5.10 Å². The largest absolute Gasteiger partial charge is 0.275 e. The van der Waals surface area contributed by atoms with Crippen molar-refractivity contribution in [3.63, 3.8) is 0 Å². The molecular weight excluding hydrogens is 226 g/mol. The predicted octanol–water partition coefficient (Wildman–Crippen LogP) is 2.20. The van der Waals surface area contributed by atoms with Gasteiger partial charge in [-0.15, -0.1) is 0 Å². The number of nitrogens with zero attached hydrogens (tertiary/aromatic N) is 3. The van der Waals surface area contributed by atoms with Crippen LogP contribution < -0.4 is 0 Å². The van der Waals surface area contributed by atoms with E-state index in [1.54, 1.807) is 6.92 Å². The van der Waals surface area contributed by atoms with Crippen molar-refractivity contribution in [3.8, 4) is 6.07 Å². The first-order chi connectivity index (χ1) is 8.72. The first kappa shape index (κ1) is 12.1. The average molecular weight is 239 g/mol. The van der Waals surface area contributed by atoms with Crippen LogP contribution in [0.4, 0.5) is 0 Å². The molecule has 0 bridgehead atoms. The minimum atomic E-state index is -0.133. The minimum absolute atomic E-state index is 0.133. The number of amides is 1. The molecule has 0 saturated carbocycles. The Labute approximate surface area is 106 Å². The van der Waals surface area contributed by atoms with Crippen LogP contribution in [0.3, 0.4) is 0 Å². The molecule has 1 aliphatic heterocycles. The van der Waals surface area contributed by atoms with Crippen molar-refractivity contribution in [3.05, 3.63) is 41.5 Å². The number of hydrogen-bond donors (Lipinski definition) is 0. The molecule has 0 aliphatic carbocycles. The summed E-state index contributed by atoms with van der Waals surface area (Å²) < 4.78 is 0. The lowest BCUT2D eigenvalue weighted by molar-refractivity contribution is -0.125. The Hall–Kier alpha value is -2.41. The van der Waals surface area contributed by atoms with Crippen LogP contribution in [0.1, 0.15) is 18.9 Å². The molecule has 18 heavy (non-hydrogen) atoms. The van der Waals surface area contributed by atoms with Crippen LogP contribution in [-0.2, 0) is 4.79 Å². The summed E-state index contributed by atoms with van der Waals surface area (Å²) in [5, 5.41) is 14.0. The molecule has 1 aromatic carbocycles. The molecule has 4 heteroatoms. The van der Waals surface area contributed by atoms with E-state index >= 15 is 0 Å². The van der Waals surface area contributed by atoms with Gasteiger partial charge in [0.1, 0.15) is 0 Å². The standard InChI is InChI=1S/C14H13N3O/c1-11-13(10-12-6-3-2-4-7-12)14(18)17(16-11)9-5-8-15/h2-4,6-7,10H,5,9H2,1H3/b13-10-. The van der Waals surface area contributed by atoms with E-state index in [4.69, 9.17) is 5.26 Å². The fraction of sp³-hybridized carbons (Fsp3) is 0.214. The van der Waals surface area contributed by atoms with E-state index < -0.39 is 0 Å². The third kappa shape index (κ3) is 2.46. The van der Waals surface area contributed by atoms with Crippen LogP contribution in [0.25, 0.3) is 6.08 Å². The van der Waals surface area contributed by atoms with Gasteiger partial charge in [0.25, 0.3) is 5.91 Å². The predicted molar refractivity (Wildman–Crippen MR) is 69.5 cm³/mol. The van der Waals surface area contributed by atoms with E-state index in [1.807, 2.05) is 42.5 Å². The van der Waals surface area contributed by atoms with Gasteiger partial charge in [0, 0.05) is 0 Å². The van der Waals surface area contributed by atoms with Gasteiger partial charge in [-0.05, 0) is 18.6 Å². The summed E-state index contributed by atoms with van der Waals surface area (Å²) in [7, 11) is 0. The highest BCUT2D eigenvalue weighted by atomic mass is 16.2. The molecule has 0 spiro atoms. The number of rotatable bonds is 3. The summed E-state index contributed by atoms with van der Waals surface area (Å²) >= 11 is 0. The van der Waals surface area contributed by atoms with Gasteiger partial charge in [-0.3, -0.25) is 4.79 Å². The smallest absolute Gasteiger partial charge is 0.267 e. The topological polar surface area (TPSA) is 56.5 Å². The molecule has 0 N–H and O–H groups in total. The average Bonchev–Trinajstić information content (AvgIpc) is 2.65. The zero-order chi connectivity index (χ0) is 13.0. The zero-order valence-corrected chi connectivity index (χ0v) is 10.1. The SMILES string of the molecule is CC1=NN(CCC#N)C(=O)/C1=C\c1ccccc1. The second-order valence-electron chi connectivity index (χ2n) is 3.99. The van der Waals surface area contributed by atoms with Crippen LogP contribution in [0.5, 0.6) is 0 Å². The van der Waals surface area contributed by atoms with Gasteiger partial charge in [-0.1, -0.05) is 30.3 Å². The summed E-state index contributed by atoms with van der Waals surface area (Å²) in [4.78, 5) is 12.1. The normalized spacial score (nSPS) is 16.9. The van der Waals surface area contributed by atoms with Gasteiger partial charge < -0.3 is 0 Å². The molecule has 0 atom stereocenters. The lowest BCUT2D eigenvalue weighted by atomic mass is 10.1. The quantitative estimate of drug-likeness (QED) is 0.759. The zero-order valence-electron chi connectivity index (χ0n) is 10.1. The van der Waals surface area contributed by atoms with Gasteiger partial charge in [0.05, 0.1) is 30.3 Å². The van der Waals surface area contributed by atoms with E-state index in [2.05, 4.69) is 5.10 Å². The van der Waals surface area contributed by atoms with Crippen molar-refractivity contribution in [1.29, 1.82) is 5.26 Å². The molecular formula is C14H13N3O. The van der Waals surface area contributed by atoms with Crippen LogP contribution in [0.2, 0.25) is 0 Å². The molecule has 1 amide bonds. The van der Waals surface area contributed by atoms with Crippen molar-refractivity contribution < 1.29 is 4.79 Å². The molecule has 1 aromatic rings. The molecule has 0 radical (unpaired) electrons. The van der Waals surface area contributed by atoms with E-state index in [0.717, 1.165) is 5.56 Å². The van der Waals surface area contributed by atoms with E-state index in [1.165, 1.54) is 5.01 Å². The molecule has 90 valence electrons. The Balaban J connectivity index is 2.22. The van der Waals surface area contributed by atoms with Gasteiger partial charge >= 0.3 is 0 Å². The van der Waals surface area contributed by atoms with Crippen LogP contribution >= 0.6 is 0 Å². The van der Waals surface area contributed by atoms with Crippen molar-refractivity contribution in [2.45, 2.75) is 13.3 Å². The third-order valence-corrected chi connectivity index (χ3v) is 2.67. The molecule has 0 fully saturated rings. The lowest BCUT2D eigenvalue weighted by Gasteiger charge is -2.08. The van der Waals surface area contributed by atoms with Crippen molar-refractivity contribution in [1.82, 2.24) is 5.01 Å². The van der Waals surface area contributed by atoms with Crippen LogP contribution in [0, 0.1) is 11.3 Å². The maximum atomic E-state index is 12.1. The summed E-state index contributed by atoms with van der Waals surface area (Å²) in [6.45, 7) is 2.15. The van der Waals surface area contributed by atoms with Crippen molar-refractivity contribution >= 4 is 17.7 Å². The van der Waals surface area contributed by atoms with Crippen LogP contribution in [0.15, 0.2) is 41.0 Å². The fourth-order valence-corrected chi connectivity index (χ4v) is 1.76. The Kier molecular flexibility index (Phi) is 3.54. The summed E-state index contributed by atoms with van der Waals surface area (Å²) in [6, 6.07) is 11.7. The number of hydrazone groups is 1. The Bertz CT molecular complexity index is 552. The van der Waals surface area contributed by atoms with Gasteiger partial charge in [-0.2, -0.15) is 10.4 Å². The first-order valence-corrected chi connectivity index (χ1v) is 5.73. The number of benzene rings is 1. The van der Waals surface area contributed by atoms with Crippen LogP contribution in [-0.4, -0.2) is 23.2 Å². The third-order valence-electron chi connectivity index (χ3n) is 2.67. The maximum absolute atomic E-state index is 12.1. The highest BCUT2D eigenvalue weighted by molar-refractivity contribution is 6.26. The summed E-state index contributed by atoms with van der Waals surface area (Å²) in [5.74, 6) is -0.133. The van der Waals surface area contributed by atoms with E-state index in [0.29, 0.717) is 24.3 Å². The number of nitriles is 1. The highest BCUT2D eigenvalue weighted by Gasteiger charge is 2.26. The van der Waals surface area contributed by atoms with Gasteiger partial charge in [0.15, 0.2) is 0 Å². The molecule has 0 unspecified atom stereocenters. The number of carbonyl (C=O) groups is 1. The minimum Gasteiger partial charge on any atom is -0.267 e. The second-order valence-corrected chi connectivity index (χ2v) is 3.99. The molecule has 4 nitrogen and oxygen atoms in total. The van der Waals surface area contributed by atoms with E-state index in [9.17, 15) is 4.79 Å². The highest BCUT2D eigenvalue weighted by Crippen LogP contribution is 2.18. The van der Waals surface area contributed by atoms with E-state index in [-0.39, 0.29) is 5.91 Å². The van der Waals surface area contributed by atoms with Crippen molar-refractivity contribution in [2.75, 3.05) is 6.54 Å². The van der Waals surface area contributed by atoms with Gasteiger partial charge in [-0.25, -0.2) is 5.01 Å². The second kappa shape index (κ2) is 5.28. The lowest BCUT2D eigenvalue weighted by Crippen LogP contribution is -2.22. The maximum Gasteiger partial charge on any atom is 0.275 e. The summed E-state index contributed by atoms with van der Waals surface area (Å²) in [5.41, 5.74) is 2.26. The molecule has 1 aliphatic rings. The fourth-order valence-electron chi connectivity index (χ4n) is 1.76. The molecule has 0 aromatic heterocycles. The molecule has 2 rings (SSSR count). The Morgan fingerprint density at radius 1 is 1.39 bits per heavy atom. The number of carbonyl (C=O) groups excluding carboxylic acids is 1. The first-order valence-electron chi connectivity index (χ1n) is 5.73. The Morgan fingerprint density at radius 3 is 2.78 bits per heavy atom. The monoisotopic (exact) mass is 239 g/mol. The molecule has 0 saturated heterocycles.